The molecule has 28 heavy (non-hydrogen) atoms. The minimum Gasteiger partial charge on any atom is -0.447 e. The minimum atomic E-state index is -0.607. The van der Waals surface area contributed by atoms with Crippen LogP contribution in [0, 0.1) is 0 Å². The molecular weight excluding hydrogens is 382 g/mol. The quantitative estimate of drug-likeness (QED) is 0.556. The zero-order valence-electron chi connectivity index (χ0n) is 15.7. The summed E-state index contributed by atoms with van der Waals surface area (Å²) in [6.07, 6.45) is -0.513. The van der Waals surface area contributed by atoms with Gasteiger partial charge >= 0.3 is 6.09 Å². The van der Waals surface area contributed by atoms with Gasteiger partial charge in [0.05, 0.1) is 19.1 Å². The van der Waals surface area contributed by atoms with Gasteiger partial charge in [0.2, 0.25) is 11.8 Å². The van der Waals surface area contributed by atoms with E-state index < -0.39 is 12.1 Å². The molecule has 1 atom stereocenters. The van der Waals surface area contributed by atoms with Crippen molar-refractivity contribution in [3.8, 4) is 0 Å². The van der Waals surface area contributed by atoms with Gasteiger partial charge < -0.3 is 20.1 Å². The standard InChI is InChI=1S/C19H23N3O5S/c1-13(23)20-16(17-7-4-10-28-17)12-18(24)21-14-5-3-6-15(11-14)22-19(25)27-9-8-26-2/h3-7,10-11,16H,8-9,12H2,1-2H3,(H,20,23)(H,21,24)(H,22,25). The summed E-state index contributed by atoms with van der Waals surface area (Å²) in [5.41, 5.74) is 1.00. The number of ether oxygens (including phenoxy) is 2. The first kappa shape index (κ1) is 21.4. The molecule has 0 radical (unpaired) electrons. The Morgan fingerprint density at radius 3 is 2.46 bits per heavy atom. The first-order chi connectivity index (χ1) is 13.5. The maximum atomic E-state index is 12.4. The van der Waals surface area contributed by atoms with Crippen molar-refractivity contribution in [2.45, 2.75) is 19.4 Å². The van der Waals surface area contributed by atoms with Crippen molar-refractivity contribution in [3.05, 3.63) is 46.7 Å². The van der Waals surface area contributed by atoms with Crippen LogP contribution in [0.25, 0.3) is 0 Å². The molecule has 0 spiro atoms. The average Bonchev–Trinajstić information content (AvgIpc) is 3.16. The Bertz CT molecular complexity index is 795. The van der Waals surface area contributed by atoms with Gasteiger partial charge in [-0.2, -0.15) is 0 Å². The van der Waals surface area contributed by atoms with Gasteiger partial charge in [0, 0.05) is 30.3 Å². The molecule has 0 saturated heterocycles. The Morgan fingerprint density at radius 2 is 1.82 bits per heavy atom. The number of anilines is 2. The van der Waals surface area contributed by atoms with E-state index in [0.717, 1.165) is 4.88 Å². The van der Waals surface area contributed by atoms with Crippen molar-refractivity contribution in [3.63, 3.8) is 0 Å². The van der Waals surface area contributed by atoms with Gasteiger partial charge in [-0.1, -0.05) is 12.1 Å². The summed E-state index contributed by atoms with van der Waals surface area (Å²) in [5, 5.41) is 10.0. The fraction of sp³-hybridized carbons (Fsp3) is 0.316. The number of amides is 3. The summed E-state index contributed by atoms with van der Waals surface area (Å²) in [7, 11) is 1.52. The molecule has 1 heterocycles. The molecule has 3 N–H and O–H groups in total. The number of hydrogen-bond acceptors (Lipinski definition) is 6. The van der Waals surface area contributed by atoms with Crippen LogP contribution in [-0.2, 0) is 19.1 Å². The fourth-order valence-electron chi connectivity index (χ4n) is 2.40. The summed E-state index contributed by atoms with van der Waals surface area (Å²) in [4.78, 5) is 36.4. The predicted molar refractivity (Wildman–Crippen MR) is 107 cm³/mol. The predicted octanol–water partition coefficient (Wildman–Crippen LogP) is 3.15. The van der Waals surface area contributed by atoms with E-state index in [9.17, 15) is 14.4 Å². The van der Waals surface area contributed by atoms with Crippen molar-refractivity contribution in [2.75, 3.05) is 31.0 Å². The molecule has 150 valence electrons. The number of benzene rings is 1. The van der Waals surface area contributed by atoms with Crippen LogP contribution in [0.3, 0.4) is 0 Å². The zero-order valence-corrected chi connectivity index (χ0v) is 16.5. The molecule has 9 heteroatoms. The molecule has 0 aliphatic heterocycles. The third kappa shape index (κ3) is 7.37. The SMILES string of the molecule is COCCOC(=O)Nc1cccc(NC(=O)CC(NC(C)=O)c2cccs2)c1. The first-order valence-electron chi connectivity index (χ1n) is 8.61. The van der Waals surface area contributed by atoms with E-state index in [2.05, 4.69) is 16.0 Å². The second kappa shape index (κ2) is 11.1. The Balaban J connectivity index is 1.94. The molecule has 8 nitrogen and oxygen atoms in total. The molecule has 1 unspecified atom stereocenters. The number of rotatable bonds is 9. The van der Waals surface area contributed by atoms with E-state index in [1.807, 2.05) is 17.5 Å². The van der Waals surface area contributed by atoms with Gasteiger partial charge in [0.1, 0.15) is 6.61 Å². The normalized spacial score (nSPS) is 11.4. The highest BCUT2D eigenvalue weighted by Crippen LogP contribution is 2.23. The molecule has 1 aromatic carbocycles. The van der Waals surface area contributed by atoms with Gasteiger partial charge in [-0.3, -0.25) is 14.9 Å². The topological polar surface area (TPSA) is 106 Å². The smallest absolute Gasteiger partial charge is 0.411 e. The number of carbonyl (C=O) groups is 3. The Labute approximate surface area is 167 Å². The van der Waals surface area contributed by atoms with Gasteiger partial charge in [0.15, 0.2) is 0 Å². The van der Waals surface area contributed by atoms with Crippen LogP contribution in [-0.4, -0.2) is 38.2 Å². The molecule has 2 aromatic rings. The maximum absolute atomic E-state index is 12.4. The summed E-state index contributed by atoms with van der Waals surface area (Å²) < 4.78 is 9.75. The van der Waals surface area contributed by atoms with Gasteiger partial charge in [-0.25, -0.2) is 4.79 Å². The van der Waals surface area contributed by atoms with Crippen molar-refractivity contribution < 1.29 is 23.9 Å². The van der Waals surface area contributed by atoms with Crippen LogP contribution in [0.2, 0.25) is 0 Å². The molecule has 0 aliphatic rings. The maximum Gasteiger partial charge on any atom is 0.411 e. The number of hydrogen-bond donors (Lipinski definition) is 3. The van der Waals surface area contributed by atoms with Crippen LogP contribution < -0.4 is 16.0 Å². The highest BCUT2D eigenvalue weighted by Gasteiger charge is 2.18. The van der Waals surface area contributed by atoms with Gasteiger partial charge in [-0.05, 0) is 29.6 Å². The second-order valence-electron chi connectivity index (χ2n) is 5.86. The van der Waals surface area contributed by atoms with E-state index in [4.69, 9.17) is 9.47 Å². The van der Waals surface area contributed by atoms with Gasteiger partial charge in [-0.15, -0.1) is 11.3 Å². The summed E-state index contributed by atoms with van der Waals surface area (Å²) >= 11 is 1.47. The van der Waals surface area contributed by atoms with Crippen LogP contribution >= 0.6 is 11.3 Å². The Morgan fingerprint density at radius 1 is 1.07 bits per heavy atom. The number of thiophene rings is 1. The molecule has 1 aromatic heterocycles. The lowest BCUT2D eigenvalue weighted by Gasteiger charge is -2.16. The minimum absolute atomic E-state index is 0.0941. The molecule has 0 bridgehead atoms. The Hall–Kier alpha value is -2.91. The fourth-order valence-corrected chi connectivity index (χ4v) is 3.18. The van der Waals surface area contributed by atoms with E-state index >= 15 is 0 Å². The van der Waals surface area contributed by atoms with Crippen molar-refractivity contribution in [1.82, 2.24) is 5.32 Å². The molecule has 0 fully saturated rings. The second-order valence-corrected chi connectivity index (χ2v) is 6.83. The summed E-state index contributed by atoms with van der Waals surface area (Å²) in [6.45, 7) is 1.87. The number of methoxy groups -OCH3 is 1. The first-order valence-corrected chi connectivity index (χ1v) is 9.49. The molecule has 2 rings (SSSR count). The van der Waals surface area contributed by atoms with Crippen molar-refractivity contribution in [1.29, 1.82) is 0 Å². The van der Waals surface area contributed by atoms with E-state index in [1.54, 1.807) is 24.3 Å². The molecule has 0 saturated carbocycles. The van der Waals surface area contributed by atoms with Crippen LogP contribution in [0.1, 0.15) is 24.3 Å². The third-order valence-corrected chi connectivity index (χ3v) is 4.55. The van der Waals surface area contributed by atoms with Crippen LogP contribution in [0.15, 0.2) is 41.8 Å². The molecular formula is C19H23N3O5S. The van der Waals surface area contributed by atoms with Crippen LogP contribution in [0.5, 0.6) is 0 Å². The van der Waals surface area contributed by atoms with E-state index in [-0.39, 0.29) is 24.8 Å². The third-order valence-electron chi connectivity index (χ3n) is 3.57. The molecule has 3 amide bonds. The lowest BCUT2D eigenvalue weighted by atomic mass is 10.1. The lowest BCUT2D eigenvalue weighted by molar-refractivity contribution is -0.120. The monoisotopic (exact) mass is 405 g/mol. The zero-order chi connectivity index (χ0) is 20.4. The summed E-state index contributed by atoms with van der Waals surface area (Å²) in [5.74, 6) is -0.462. The molecule has 0 aliphatic carbocycles. The lowest BCUT2D eigenvalue weighted by Crippen LogP contribution is -2.29. The number of carbonyl (C=O) groups excluding carboxylic acids is 3. The van der Waals surface area contributed by atoms with E-state index in [0.29, 0.717) is 18.0 Å². The van der Waals surface area contributed by atoms with Gasteiger partial charge in [0.25, 0.3) is 0 Å². The van der Waals surface area contributed by atoms with Crippen molar-refractivity contribution in [2.24, 2.45) is 0 Å². The average molecular weight is 405 g/mol. The highest BCUT2D eigenvalue weighted by atomic mass is 32.1. The van der Waals surface area contributed by atoms with E-state index in [1.165, 1.54) is 25.4 Å². The highest BCUT2D eigenvalue weighted by molar-refractivity contribution is 7.10. The van der Waals surface area contributed by atoms with Crippen molar-refractivity contribution >= 4 is 40.6 Å². The van der Waals surface area contributed by atoms with Crippen LogP contribution in [0.4, 0.5) is 16.2 Å². The Kier molecular flexibility index (Phi) is 8.44. The summed E-state index contributed by atoms with van der Waals surface area (Å²) in [6, 6.07) is 10.1. The largest absolute Gasteiger partial charge is 0.447 e. The number of nitrogens with one attached hydrogen (secondary N) is 3.